The van der Waals surface area contributed by atoms with Gasteiger partial charge in [-0.1, -0.05) is 13.3 Å². The molecule has 0 unspecified atom stereocenters. The van der Waals surface area contributed by atoms with Crippen molar-refractivity contribution in [2.24, 2.45) is 0 Å². The Morgan fingerprint density at radius 1 is 1.30 bits per heavy atom. The largest absolute Gasteiger partial charge is 0.383 e. The first-order chi connectivity index (χ1) is 9.54. The molecule has 108 valence electrons. The van der Waals surface area contributed by atoms with Crippen LogP contribution >= 0.6 is 0 Å². The van der Waals surface area contributed by atoms with E-state index in [2.05, 4.69) is 42.0 Å². The molecule has 0 bridgehead atoms. The van der Waals surface area contributed by atoms with Crippen LogP contribution in [0.4, 0.5) is 11.5 Å². The summed E-state index contributed by atoms with van der Waals surface area (Å²) in [4.78, 5) is 2.09. The first kappa shape index (κ1) is 14.4. The third-order valence-corrected chi connectivity index (χ3v) is 3.61. The van der Waals surface area contributed by atoms with Crippen molar-refractivity contribution in [3.05, 3.63) is 35.5 Å². The Balaban J connectivity index is 2.34. The van der Waals surface area contributed by atoms with Gasteiger partial charge in [0.15, 0.2) is 0 Å². The smallest absolute Gasteiger partial charge is 0.130 e. The van der Waals surface area contributed by atoms with Gasteiger partial charge < -0.3 is 10.6 Å². The second-order valence-electron chi connectivity index (χ2n) is 5.44. The number of rotatable bonds is 5. The maximum Gasteiger partial charge on any atom is 0.130 e. The van der Waals surface area contributed by atoms with Crippen LogP contribution in [-0.2, 0) is 6.42 Å². The molecule has 0 saturated heterocycles. The van der Waals surface area contributed by atoms with Gasteiger partial charge in [-0.15, -0.1) is 0 Å². The molecule has 0 amide bonds. The Labute approximate surface area is 121 Å². The fourth-order valence-electron chi connectivity index (χ4n) is 2.30. The number of nitrogens with two attached hydrogens (primary N) is 1. The fraction of sp³-hybridized carbons (Fsp3) is 0.438. The molecule has 4 nitrogen and oxygen atoms in total. The summed E-state index contributed by atoms with van der Waals surface area (Å²) in [5.74, 6) is 0.763. The summed E-state index contributed by atoms with van der Waals surface area (Å²) in [6, 6.07) is 6.33. The van der Waals surface area contributed by atoms with Crippen LogP contribution in [-0.4, -0.2) is 23.9 Å². The molecule has 0 fully saturated rings. The van der Waals surface area contributed by atoms with Crippen molar-refractivity contribution in [3.8, 4) is 5.69 Å². The average molecular weight is 272 g/mol. The molecule has 1 heterocycles. The lowest BCUT2D eigenvalue weighted by molar-refractivity contribution is 0.796. The van der Waals surface area contributed by atoms with E-state index in [4.69, 9.17) is 5.73 Å². The van der Waals surface area contributed by atoms with Crippen molar-refractivity contribution in [3.63, 3.8) is 0 Å². The quantitative estimate of drug-likeness (QED) is 0.909. The molecule has 2 N–H and O–H groups in total. The van der Waals surface area contributed by atoms with Gasteiger partial charge in [0, 0.05) is 25.3 Å². The first-order valence-electron chi connectivity index (χ1n) is 7.15. The van der Waals surface area contributed by atoms with Crippen molar-refractivity contribution in [1.82, 2.24) is 9.78 Å². The Bertz CT molecular complexity index is 584. The average Bonchev–Trinajstić information content (AvgIpc) is 2.77. The van der Waals surface area contributed by atoms with E-state index < -0.39 is 0 Å². The van der Waals surface area contributed by atoms with E-state index >= 15 is 0 Å². The summed E-state index contributed by atoms with van der Waals surface area (Å²) in [5, 5.41) is 4.45. The minimum Gasteiger partial charge on any atom is -0.383 e. The number of hydrogen-bond acceptors (Lipinski definition) is 3. The highest BCUT2D eigenvalue weighted by molar-refractivity contribution is 5.57. The van der Waals surface area contributed by atoms with E-state index in [1.54, 1.807) is 0 Å². The van der Waals surface area contributed by atoms with Crippen LogP contribution in [0.1, 0.15) is 30.9 Å². The summed E-state index contributed by atoms with van der Waals surface area (Å²) in [6.45, 7) is 4.28. The third-order valence-electron chi connectivity index (χ3n) is 3.61. The van der Waals surface area contributed by atoms with Crippen LogP contribution in [0.25, 0.3) is 5.69 Å². The Morgan fingerprint density at radius 2 is 2.05 bits per heavy atom. The van der Waals surface area contributed by atoms with Crippen molar-refractivity contribution in [2.45, 2.75) is 33.1 Å². The number of unbranched alkanes of at least 4 members (excludes halogenated alkanes) is 1. The van der Waals surface area contributed by atoms with Crippen LogP contribution in [0.2, 0.25) is 0 Å². The van der Waals surface area contributed by atoms with Gasteiger partial charge in [0.05, 0.1) is 11.9 Å². The van der Waals surface area contributed by atoms with Gasteiger partial charge >= 0.3 is 0 Å². The van der Waals surface area contributed by atoms with Gasteiger partial charge in [0.2, 0.25) is 0 Å². The minimum atomic E-state index is 0.763. The molecule has 20 heavy (non-hydrogen) atoms. The van der Waals surface area contributed by atoms with Crippen molar-refractivity contribution in [2.75, 3.05) is 24.7 Å². The summed E-state index contributed by atoms with van der Waals surface area (Å²) < 4.78 is 1.85. The summed E-state index contributed by atoms with van der Waals surface area (Å²) in [5.41, 5.74) is 10.8. The highest BCUT2D eigenvalue weighted by Gasteiger charge is 2.11. The summed E-state index contributed by atoms with van der Waals surface area (Å²) in [7, 11) is 4.08. The second-order valence-corrected chi connectivity index (χ2v) is 5.44. The van der Waals surface area contributed by atoms with E-state index in [1.165, 1.54) is 17.7 Å². The molecule has 0 radical (unpaired) electrons. The monoisotopic (exact) mass is 272 g/mol. The SMILES string of the molecule is CCCCc1cnn(-c2ccc(N(C)C)cc2C)c1N. The predicted octanol–water partition coefficient (Wildman–Crippen LogP) is 3.17. The van der Waals surface area contributed by atoms with E-state index in [0.29, 0.717) is 0 Å². The molecule has 0 atom stereocenters. The number of aromatic nitrogens is 2. The number of nitrogen functional groups attached to an aromatic ring is 1. The molecule has 1 aromatic heterocycles. The molecule has 2 rings (SSSR count). The molecule has 1 aromatic carbocycles. The van der Waals surface area contributed by atoms with Crippen molar-refractivity contribution in [1.29, 1.82) is 0 Å². The second kappa shape index (κ2) is 5.99. The molecule has 0 aliphatic heterocycles. The Morgan fingerprint density at radius 3 is 2.65 bits per heavy atom. The lowest BCUT2D eigenvalue weighted by Crippen LogP contribution is -2.10. The number of aryl methyl sites for hydroxylation is 2. The molecular weight excluding hydrogens is 248 g/mol. The van der Waals surface area contributed by atoms with Crippen LogP contribution < -0.4 is 10.6 Å². The molecule has 4 heteroatoms. The first-order valence-corrected chi connectivity index (χ1v) is 7.15. The van der Waals surface area contributed by atoms with Crippen molar-refractivity contribution >= 4 is 11.5 Å². The minimum absolute atomic E-state index is 0.763. The number of benzene rings is 1. The van der Waals surface area contributed by atoms with Gasteiger partial charge in [-0.2, -0.15) is 5.10 Å². The van der Waals surface area contributed by atoms with Crippen LogP contribution in [0.3, 0.4) is 0 Å². The van der Waals surface area contributed by atoms with Crippen LogP contribution in [0, 0.1) is 6.92 Å². The Hall–Kier alpha value is -1.97. The zero-order chi connectivity index (χ0) is 14.7. The lowest BCUT2D eigenvalue weighted by Gasteiger charge is -2.15. The standard InChI is InChI=1S/C16H24N4/c1-5-6-7-13-11-18-20(16(13)17)15-9-8-14(19(3)4)10-12(15)2/h8-11H,5-7,17H2,1-4H3. The lowest BCUT2D eigenvalue weighted by atomic mass is 10.1. The van der Waals surface area contributed by atoms with E-state index in [1.807, 2.05) is 25.0 Å². The molecule has 0 spiro atoms. The summed E-state index contributed by atoms with van der Waals surface area (Å²) >= 11 is 0. The number of nitrogens with zero attached hydrogens (tertiary/aromatic N) is 3. The zero-order valence-electron chi connectivity index (χ0n) is 12.8. The van der Waals surface area contributed by atoms with E-state index in [0.717, 1.165) is 29.9 Å². The molecule has 0 saturated carbocycles. The predicted molar refractivity (Wildman–Crippen MR) is 85.7 cm³/mol. The fourth-order valence-corrected chi connectivity index (χ4v) is 2.30. The molecule has 0 aliphatic rings. The highest BCUT2D eigenvalue weighted by Crippen LogP contribution is 2.24. The molecule has 0 aliphatic carbocycles. The third kappa shape index (κ3) is 2.79. The Kier molecular flexibility index (Phi) is 4.32. The van der Waals surface area contributed by atoms with Crippen molar-refractivity contribution < 1.29 is 0 Å². The highest BCUT2D eigenvalue weighted by atomic mass is 15.3. The van der Waals surface area contributed by atoms with Gasteiger partial charge in [-0.25, -0.2) is 4.68 Å². The number of anilines is 2. The maximum absolute atomic E-state index is 6.23. The van der Waals surface area contributed by atoms with Crippen LogP contribution in [0.5, 0.6) is 0 Å². The van der Waals surface area contributed by atoms with E-state index in [-0.39, 0.29) is 0 Å². The van der Waals surface area contributed by atoms with Gasteiger partial charge in [-0.3, -0.25) is 0 Å². The number of hydrogen-bond donors (Lipinski definition) is 1. The topological polar surface area (TPSA) is 47.1 Å². The maximum atomic E-state index is 6.23. The van der Waals surface area contributed by atoms with Gasteiger partial charge in [0.1, 0.15) is 5.82 Å². The van der Waals surface area contributed by atoms with Gasteiger partial charge in [0.25, 0.3) is 0 Å². The van der Waals surface area contributed by atoms with Crippen LogP contribution in [0.15, 0.2) is 24.4 Å². The normalized spacial score (nSPS) is 10.8. The van der Waals surface area contributed by atoms with Gasteiger partial charge in [-0.05, 0) is 43.5 Å². The van der Waals surface area contributed by atoms with E-state index in [9.17, 15) is 0 Å². The summed E-state index contributed by atoms with van der Waals surface area (Å²) in [6.07, 6.45) is 5.21. The zero-order valence-corrected chi connectivity index (χ0v) is 12.8. The molecule has 2 aromatic rings. The molecular formula is C16H24N4.